The predicted molar refractivity (Wildman–Crippen MR) is 76.4 cm³/mol. The van der Waals surface area contributed by atoms with E-state index in [0.717, 1.165) is 12.8 Å². The number of fused-ring (bicyclic) bond motifs is 1. The smallest absolute Gasteiger partial charge is 0.230 e. The van der Waals surface area contributed by atoms with Gasteiger partial charge in [0.05, 0.1) is 6.04 Å². The Morgan fingerprint density at radius 2 is 1.95 bits per heavy atom. The minimum Gasteiger partial charge on any atom is -0.339 e. The first-order valence-corrected chi connectivity index (χ1v) is 6.94. The first kappa shape index (κ1) is 13.3. The molecule has 1 atom stereocenters. The van der Waals surface area contributed by atoms with Crippen molar-refractivity contribution in [2.75, 3.05) is 20.6 Å². The highest BCUT2D eigenvalue weighted by Gasteiger charge is 2.28. The van der Waals surface area contributed by atoms with Crippen LogP contribution in [0.4, 0.5) is 0 Å². The number of rotatable bonds is 4. The van der Waals surface area contributed by atoms with E-state index in [2.05, 4.69) is 34.4 Å². The third kappa shape index (κ3) is 2.59. The van der Waals surface area contributed by atoms with Gasteiger partial charge in [0.25, 0.3) is 0 Å². The van der Waals surface area contributed by atoms with Gasteiger partial charge >= 0.3 is 0 Å². The topological polar surface area (TPSA) is 68.2 Å². The van der Waals surface area contributed by atoms with E-state index < -0.39 is 0 Å². The van der Waals surface area contributed by atoms with Crippen molar-refractivity contribution in [2.45, 2.75) is 24.8 Å². The highest BCUT2D eigenvalue weighted by Crippen LogP contribution is 2.33. The molecule has 1 aromatic carbocycles. The number of likely N-dealkylation sites (N-methyl/N-ethyl adjacent to an activating group) is 1. The SMILES string of the molecule is CN(C)CC(N)c1noc(C2Cc3ccccc3C2)n1. The Kier molecular flexibility index (Phi) is 3.54. The summed E-state index contributed by atoms with van der Waals surface area (Å²) in [4.78, 5) is 6.52. The second-order valence-corrected chi connectivity index (χ2v) is 5.73. The molecule has 1 aromatic heterocycles. The van der Waals surface area contributed by atoms with Crippen molar-refractivity contribution < 1.29 is 4.52 Å². The van der Waals surface area contributed by atoms with Gasteiger partial charge in [0, 0.05) is 12.5 Å². The molecule has 0 bridgehead atoms. The van der Waals surface area contributed by atoms with Gasteiger partial charge in [-0.15, -0.1) is 0 Å². The Bertz CT molecular complexity index is 568. The van der Waals surface area contributed by atoms with Gasteiger partial charge in [-0.25, -0.2) is 0 Å². The maximum Gasteiger partial charge on any atom is 0.230 e. The molecule has 1 aliphatic rings. The van der Waals surface area contributed by atoms with Crippen molar-refractivity contribution in [1.82, 2.24) is 15.0 Å². The van der Waals surface area contributed by atoms with E-state index in [1.54, 1.807) is 0 Å². The minimum atomic E-state index is -0.203. The molecule has 0 fully saturated rings. The van der Waals surface area contributed by atoms with Gasteiger partial charge in [0.2, 0.25) is 5.89 Å². The lowest BCUT2D eigenvalue weighted by molar-refractivity contribution is 0.336. The van der Waals surface area contributed by atoms with Crippen molar-refractivity contribution >= 4 is 0 Å². The first-order chi connectivity index (χ1) is 9.63. The maximum absolute atomic E-state index is 6.07. The summed E-state index contributed by atoms with van der Waals surface area (Å²) in [5.41, 5.74) is 8.83. The number of aromatic nitrogens is 2. The summed E-state index contributed by atoms with van der Waals surface area (Å²) in [6, 6.07) is 8.29. The number of hydrogen-bond donors (Lipinski definition) is 1. The van der Waals surface area contributed by atoms with E-state index in [4.69, 9.17) is 10.3 Å². The molecule has 2 N–H and O–H groups in total. The molecule has 1 heterocycles. The molecule has 0 radical (unpaired) electrons. The normalized spacial score (nSPS) is 16.6. The van der Waals surface area contributed by atoms with E-state index in [-0.39, 0.29) is 6.04 Å². The summed E-state index contributed by atoms with van der Waals surface area (Å²) >= 11 is 0. The molecular weight excluding hydrogens is 252 g/mol. The molecule has 0 saturated carbocycles. The molecule has 0 aliphatic heterocycles. The fourth-order valence-electron chi connectivity index (χ4n) is 2.77. The summed E-state index contributed by atoms with van der Waals surface area (Å²) in [7, 11) is 3.96. The van der Waals surface area contributed by atoms with Crippen LogP contribution in [0.15, 0.2) is 28.8 Å². The molecule has 3 rings (SSSR count). The zero-order chi connectivity index (χ0) is 14.1. The van der Waals surface area contributed by atoms with Crippen LogP contribution in [0.5, 0.6) is 0 Å². The van der Waals surface area contributed by atoms with Crippen LogP contribution in [0.3, 0.4) is 0 Å². The molecule has 0 spiro atoms. The van der Waals surface area contributed by atoms with Crippen LogP contribution in [0, 0.1) is 0 Å². The van der Waals surface area contributed by atoms with E-state index in [1.807, 2.05) is 19.0 Å². The molecule has 2 aromatic rings. The van der Waals surface area contributed by atoms with Crippen LogP contribution < -0.4 is 5.73 Å². The zero-order valence-corrected chi connectivity index (χ0v) is 11.9. The highest BCUT2D eigenvalue weighted by atomic mass is 16.5. The molecule has 1 unspecified atom stereocenters. The van der Waals surface area contributed by atoms with E-state index in [1.165, 1.54) is 11.1 Å². The minimum absolute atomic E-state index is 0.203. The second-order valence-electron chi connectivity index (χ2n) is 5.73. The van der Waals surface area contributed by atoms with Gasteiger partial charge < -0.3 is 15.2 Å². The number of nitrogens with two attached hydrogens (primary N) is 1. The predicted octanol–water partition coefficient (Wildman–Crippen LogP) is 1.51. The van der Waals surface area contributed by atoms with Crippen LogP contribution in [0.1, 0.15) is 34.8 Å². The monoisotopic (exact) mass is 272 g/mol. The van der Waals surface area contributed by atoms with Crippen LogP contribution in [-0.2, 0) is 12.8 Å². The van der Waals surface area contributed by atoms with Crippen molar-refractivity contribution in [3.05, 3.63) is 47.1 Å². The lowest BCUT2D eigenvalue weighted by Crippen LogP contribution is -2.26. The van der Waals surface area contributed by atoms with E-state index in [9.17, 15) is 0 Å². The summed E-state index contributed by atoms with van der Waals surface area (Å²) in [6.07, 6.45) is 1.95. The quantitative estimate of drug-likeness (QED) is 0.913. The number of benzene rings is 1. The zero-order valence-electron chi connectivity index (χ0n) is 11.9. The molecule has 0 saturated heterocycles. The molecule has 0 amide bonds. The summed E-state index contributed by atoms with van der Waals surface area (Å²) in [6.45, 7) is 0.712. The van der Waals surface area contributed by atoms with Crippen molar-refractivity contribution in [3.8, 4) is 0 Å². The van der Waals surface area contributed by atoms with E-state index >= 15 is 0 Å². The fourth-order valence-corrected chi connectivity index (χ4v) is 2.77. The second kappa shape index (κ2) is 5.34. The number of nitrogens with zero attached hydrogens (tertiary/aromatic N) is 3. The third-order valence-corrected chi connectivity index (χ3v) is 3.75. The first-order valence-electron chi connectivity index (χ1n) is 6.94. The fraction of sp³-hybridized carbons (Fsp3) is 0.467. The molecule has 5 heteroatoms. The lowest BCUT2D eigenvalue weighted by Gasteiger charge is -2.13. The Morgan fingerprint density at radius 3 is 2.55 bits per heavy atom. The van der Waals surface area contributed by atoms with Crippen molar-refractivity contribution in [1.29, 1.82) is 0 Å². The largest absolute Gasteiger partial charge is 0.339 e. The number of hydrogen-bond acceptors (Lipinski definition) is 5. The van der Waals surface area contributed by atoms with Crippen LogP contribution in [-0.4, -0.2) is 35.7 Å². The van der Waals surface area contributed by atoms with Crippen molar-refractivity contribution in [2.24, 2.45) is 5.73 Å². The Labute approximate surface area is 118 Å². The highest BCUT2D eigenvalue weighted by molar-refractivity contribution is 5.34. The van der Waals surface area contributed by atoms with Crippen LogP contribution in [0.25, 0.3) is 0 Å². The summed E-state index contributed by atoms with van der Waals surface area (Å²) in [5, 5.41) is 4.04. The van der Waals surface area contributed by atoms with Crippen LogP contribution in [0.2, 0.25) is 0 Å². The van der Waals surface area contributed by atoms with Crippen LogP contribution >= 0.6 is 0 Å². The molecule has 5 nitrogen and oxygen atoms in total. The van der Waals surface area contributed by atoms with Gasteiger partial charge in [0.1, 0.15) is 0 Å². The van der Waals surface area contributed by atoms with Gasteiger partial charge in [-0.2, -0.15) is 4.98 Å². The van der Waals surface area contributed by atoms with Crippen molar-refractivity contribution in [3.63, 3.8) is 0 Å². The maximum atomic E-state index is 6.07. The summed E-state index contributed by atoms with van der Waals surface area (Å²) < 4.78 is 5.42. The lowest BCUT2D eigenvalue weighted by atomic mass is 10.1. The van der Waals surface area contributed by atoms with Gasteiger partial charge in [-0.3, -0.25) is 0 Å². The molecule has 1 aliphatic carbocycles. The Morgan fingerprint density at radius 1 is 1.30 bits per heavy atom. The summed E-state index contributed by atoms with van der Waals surface area (Å²) in [5.74, 6) is 1.61. The average molecular weight is 272 g/mol. The Balaban J connectivity index is 1.73. The molecular formula is C15H20N4O. The van der Waals surface area contributed by atoms with Gasteiger partial charge in [-0.1, -0.05) is 29.4 Å². The standard InChI is InChI=1S/C15H20N4O/c1-19(2)9-13(16)14-17-15(20-18-14)12-7-10-5-3-4-6-11(10)8-12/h3-6,12-13H,7-9,16H2,1-2H3. The average Bonchev–Trinajstić information content (AvgIpc) is 3.04. The van der Waals surface area contributed by atoms with Gasteiger partial charge in [-0.05, 0) is 38.1 Å². The molecule has 20 heavy (non-hydrogen) atoms. The molecule has 106 valence electrons. The third-order valence-electron chi connectivity index (χ3n) is 3.75. The van der Waals surface area contributed by atoms with Gasteiger partial charge in [0.15, 0.2) is 5.82 Å². The Hall–Kier alpha value is -1.72. The van der Waals surface area contributed by atoms with E-state index in [0.29, 0.717) is 24.2 Å².